The predicted molar refractivity (Wildman–Crippen MR) is 45.3 cm³/mol. The molecule has 0 aliphatic heterocycles. The van der Waals surface area contributed by atoms with Crippen LogP contribution in [0.25, 0.3) is 0 Å². The maximum absolute atomic E-state index is 5.65. The molecule has 0 aliphatic carbocycles. The SMILES string of the molecule is CCC(CC(C)N)(OC)OC. The van der Waals surface area contributed by atoms with Crippen LogP contribution in [0.2, 0.25) is 0 Å². The van der Waals surface area contributed by atoms with Crippen LogP contribution < -0.4 is 5.73 Å². The average Bonchev–Trinajstić information content (AvgIpc) is 2.00. The summed E-state index contributed by atoms with van der Waals surface area (Å²) in [5, 5.41) is 0. The monoisotopic (exact) mass is 161 g/mol. The summed E-state index contributed by atoms with van der Waals surface area (Å²) in [4.78, 5) is 0. The van der Waals surface area contributed by atoms with Crippen molar-refractivity contribution < 1.29 is 9.47 Å². The molecular weight excluding hydrogens is 142 g/mol. The highest BCUT2D eigenvalue weighted by atomic mass is 16.7. The van der Waals surface area contributed by atoms with Crippen molar-refractivity contribution in [1.29, 1.82) is 0 Å². The Bertz CT molecular complexity index is 92.0. The van der Waals surface area contributed by atoms with Gasteiger partial charge in [0.2, 0.25) is 0 Å². The van der Waals surface area contributed by atoms with Crippen molar-refractivity contribution in [3.63, 3.8) is 0 Å². The molecule has 11 heavy (non-hydrogen) atoms. The number of ether oxygens (including phenoxy) is 2. The first kappa shape index (κ1) is 10.9. The van der Waals surface area contributed by atoms with Crippen molar-refractivity contribution in [2.24, 2.45) is 5.73 Å². The van der Waals surface area contributed by atoms with E-state index in [1.165, 1.54) is 0 Å². The molecule has 3 nitrogen and oxygen atoms in total. The van der Waals surface area contributed by atoms with Gasteiger partial charge in [0, 0.05) is 26.7 Å². The van der Waals surface area contributed by atoms with Gasteiger partial charge in [0.05, 0.1) is 0 Å². The van der Waals surface area contributed by atoms with Gasteiger partial charge in [-0.15, -0.1) is 0 Å². The van der Waals surface area contributed by atoms with E-state index in [1.807, 2.05) is 13.8 Å². The second-order valence-corrected chi connectivity index (χ2v) is 2.85. The normalized spacial score (nSPS) is 15.0. The van der Waals surface area contributed by atoms with Crippen molar-refractivity contribution >= 4 is 0 Å². The Hall–Kier alpha value is -0.120. The first-order chi connectivity index (χ1) is 5.10. The molecule has 68 valence electrons. The van der Waals surface area contributed by atoms with Gasteiger partial charge in [-0.25, -0.2) is 0 Å². The Morgan fingerprint density at radius 2 is 1.82 bits per heavy atom. The quantitative estimate of drug-likeness (QED) is 0.614. The molecule has 0 radical (unpaired) electrons. The zero-order valence-electron chi connectivity index (χ0n) is 7.89. The van der Waals surface area contributed by atoms with Gasteiger partial charge < -0.3 is 15.2 Å². The molecule has 1 unspecified atom stereocenters. The zero-order valence-corrected chi connectivity index (χ0v) is 7.89. The molecule has 0 aromatic heterocycles. The van der Waals surface area contributed by atoms with Gasteiger partial charge in [0.1, 0.15) is 0 Å². The number of nitrogens with two attached hydrogens (primary N) is 1. The molecule has 0 saturated heterocycles. The number of rotatable bonds is 5. The van der Waals surface area contributed by atoms with E-state index in [2.05, 4.69) is 0 Å². The van der Waals surface area contributed by atoms with Crippen LogP contribution in [0.5, 0.6) is 0 Å². The zero-order chi connectivity index (χ0) is 8.91. The number of methoxy groups -OCH3 is 2. The fourth-order valence-electron chi connectivity index (χ4n) is 1.17. The van der Waals surface area contributed by atoms with Crippen molar-refractivity contribution in [2.75, 3.05) is 14.2 Å². The third-order valence-corrected chi connectivity index (χ3v) is 1.92. The van der Waals surface area contributed by atoms with Gasteiger partial charge in [-0.3, -0.25) is 0 Å². The van der Waals surface area contributed by atoms with Crippen molar-refractivity contribution in [1.82, 2.24) is 0 Å². The molecule has 0 spiro atoms. The van der Waals surface area contributed by atoms with Crippen LogP contribution in [-0.4, -0.2) is 26.0 Å². The van der Waals surface area contributed by atoms with E-state index >= 15 is 0 Å². The average molecular weight is 161 g/mol. The molecule has 3 heteroatoms. The molecule has 1 atom stereocenters. The number of hydrogen-bond donors (Lipinski definition) is 1. The Balaban J connectivity index is 4.05. The highest BCUT2D eigenvalue weighted by molar-refractivity contribution is 4.71. The first-order valence-electron chi connectivity index (χ1n) is 3.96. The van der Waals surface area contributed by atoms with Gasteiger partial charge in [-0.1, -0.05) is 6.92 Å². The molecular formula is C8H19NO2. The van der Waals surface area contributed by atoms with E-state index < -0.39 is 5.79 Å². The summed E-state index contributed by atoms with van der Waals surface area (Å²) in [6.45, 7) is 3.97. The van der Waals surface area contributed by atoms with E-state index in [0.29, 0.717) is 0 Å². The molecule has 0 aromatic rings. The Kier molecular flexibility index (Phi) is 4.65. The van der Waals surface area contributed by atoms with Gasteiger partial charge >= 0.3 is 0 Å². The minimum Gasteiger partial charge on any atom is -0.353 e. The van der Waals surface area contributed by atoms with Crippen LogP contribution in [0.15, 0.2) is 0 Å². The minimum atomic E-state index is -0.478. The van der Waals surface area contributed by atoms with E-state index in [1.54, 1.807) is 14.2 Å². The second kappa shape index (κ2) is 4.70. The van der Waals surface area contributed by atoms with Crippen molar-refractivity contribution in [3.05, 3.63) is 0 Å². The van der Waals surface area contributed by atoms with E-state index in [4.69, 9.17) is 15.2 Å². The maximum Gasteiger partial charge on any atom is 0.168 e. The third-order valence-electron chi connectivity index (χ3n) is 1.92. The fourth-order valence-corrected chi connectivity index (χ4v) is 1.17. The molecule has 0 fully saturated rings. The second-order valence-electron chi connectivity index (χ2n) is 2.85. The molecule has 0 saturated carbocycles. The van der Waals surface area contributed by atoms with Gasteiger partial charge in [-0.05, 0) is 13.3 Å². The summed E-state index contributed by atoms with van der Waals surface area (Å²) >= 11 is 0. The Morgan fingerprint density at radius 1 is 1.36 bits per heavy atom. The largest absolute Gasteiger partial charge is 0.353 e. The lowest BCUT2D eigenvalue weighted by molar-refractivity contribution is -0.213. The first-order valence-corrected chi connectivity index (χ1v) is 3.96. The van der Waals surface area contributed by atoms with Crippen LogP contribution in [0.4, 0.5) is 0 Å². The van der Waals surface area contributed by atoms with E-state index in [9.17, 15) is 0 Å². The lowest BCUT2D eigenvalue weighted by Crippen LogP contribution is -2.38. The Morgan fingerprint density at radius 3 is 1.91 bits per heavy atom. The van der Waals surface area contributed by atoms with E-state index in [0.717, 1.165) is 12.8 Å². The number of hydrogen-bond acceptors (Lipinski definition) is 3. The van der Waals surface area contributed by atoms with Gasteiger partial charge in [0.25, 0.3) is 0 Å². The molecule has 0 bridgehead atoms. The molecule has 0 aliphatic rings. The molecule has 2 N–H and O–H groups in total. The molecule has 0 rings (SSSR count). The minimum absolute atomic E-state index is 0.106. The van der Waals surface area contributed by atoms with E-state index in [-0.39, 0.29) is 6.04 Å². The summed E-state index contributed by atoms with van der Waals surface area (Å²) in [5.41, 5.74) is 5.65. The van der Waals surface area contributed by atoms with Crippen LogP contribution in [-0.2, 0) is 9.47 Å². The summed E-state index contributed by atoms with van der Waals surface area (Å²) < 4.78 is 10.5. The standard InChI is InChI=1S/C8H19NO2/c1-5-8(10-3,11-4)6-7(2)9/h7H,5-6,9H2,1-4H3. The van der Waals surface area contributed by atoms with Crippen LogP contribution in [0.3, 0.4) is 0 Å². The maximum atomic E-state index is 5.65. The lowest BCUT2D eigenvalue weighted by atomic mass is 10.1. The summed E-state index contributed by atoms with van der Waals surface area (Å²) in [5.74, 6) is -0.478. The molecule has 0 amide bonds. The third kappa shape index (κ3) is 3.18. The molecule has 0 heterocycles. The van der Waals surface area contributed by atoms with Crippen LogP contribution in [0.1, 0.15) is 26.7 Å². The van der Waals surface area contributed by atoms with Crippen molar-refractivity contribution in [3.8, 4) is 0 Å². The lowest BCUT2D eigenvalue weighted by Gasteiger charge is -2.31. The Labute approximate surface area is 68.9 Å². The highest BCUT2D eigenvalue weighted by Gasteiger charge is 2.28. The van der Waals surface area contributed by atoms with Gasteiger partial charge in [0.15, 0.2) is 5.79 Å². The van der Waals surface area contributed by atoms with Gasteiger partial charge in [-0.2, -0.15) is 0 Å². The predicted octanol–water partition coefficient (Wildman–Crippen LogP) is 1.12. The van der Waals surface area contributed by atoms with Crippen LogP contribution in [0, 0.1) is 0 Å². The highest BCUT2D eigenvalue weighted by Crippen LogP contribution is 2.21. The topological polar surface area (TPSA) is 44.5 Å². The van der Waals surface area contributed by atoms with Crippen molar-refractivity contribution in [2.45, 2.75) is 38.5 Å². The smallest absolute Gasteiger partial charge is 0.168 e. The van der Waals surface area contributed by atoms with Crippen LogP contribution >= 0.6 is 0 Å². The fraction of sp³-hybridized carbons (Fsp3) is 1.00. The summed E-state index contributed by atoms with van der Waals surface area (Å²) in [6.07, 6.45) is 1.55. The summed E-state index contributed by atoms with van der Waals surface area (Å²) in [7, 11) is 3.30. The molecule has 0 aromatic carbocycles. The summed E-state index contributed by atoms with van der Waals surface area (Å²) in [6, 6.07) is 0.106.